The van der Waals surface area contributed by atoms with Crippen molar-refractivity contribution in [2.75, 3.05) is 18.0 Å². The summed E-state index contributed by atoms with van der Waals surface area (Å²) in [4.78, 5) is 13.5. The van der Waals surface area contributed by atoms with Crippen molar-refractivity contribution in [3.63, 3.8) is 0 Å². The molecule has 6 nitrogen and oxygen atoms in total. The molecule has 0 radical (unpaired) electrons. The van der Waals surface area contributed by atoms with Crippen LogP contribution in [0.15, 0.2) is 24.3 Å². The largest absolute Gasteiger partial charge is 0.508 e. The number of phenols is 1. The van der Waals surface area contributed by atoms with Crippen LogP contribution in [0.1, 0.15) is 19.8 Å². The van der Waals surface area contributed by atoms with E-state index in [0.29, 0.717) is 13.0 Å². The smallest absolute Gasteiger partial charge is 0.263 e. The molecule has 1 amide bonds. The van der Waals surface area contributed by atoms with Gasteiger partial charge in [0.2, 0.25) is 0 Å². The highest BCUT2D eigenvalue weighted by Gasteiger charge is 2.31. The topological polar surface area (TPSA) is 87.8 Å². The van der Waals surface area contributed by atoms with E-state index in [1.807, 2.05) is 19.1 Å². The van der Waals surface area contributed by atoms with Crippen molar-refractivity contribution >= 4 is 11.6 Å². The van der Waals surface area contributed by atoms with Gasteiger partial charge in [-0.15, -0.1) is 0 Å². The van der Waals surface area contributed by atoms with Crippen molar-refractivity contribution in [3.05, 3.63) is 24.3 Å². The lowest BCUT2D eigenvalue weighted by atomic mass is 10.1. The van der Waals surface area contributed by atoms with Gasteiger partial charge in [0.05, 0.1) is 6.10 Å². The van der Waals surface area contributed by atoms with E-state index >= 15 is 0 Å². The first-order valence-corrected chi connectivity index (χ1v) is 6.84. The zero-order chi connectivity index (χ0) is 14.5. The number of aromatic hydroxyl groups is 1. The molecule has 20 heavy (non-hydrogen) atoms. The second-order valence-electron chi connectivity index (χ2n) is 4.89. The van der Waals surface area contributed by atoms with Crippen LogP contribution in [0.4, 0.5) is 5.69 Å². The molecule has 0 aliphatic carbocycles. The molecule has 2 rings (SSSR count). The number of hydrazine groups is 1. The second-order valence-corrected chi connectivity index (χ2v) is 4.89. The number of nitrogens with one attached hydrogen (secondary N) is 1. The third kappa shape index (κ3) is 3.40. The van der Waals surface area contributed by atoms with Crippen LogP contribution in [0.3, 0.4) is 0 Å². The molecule has 1 aliphatic rings. The van der Waals surface area contributed by atoms with Gasteiger partial charge in [-0.3, -0.25) is 10.2 Å². The number of rotatable bonds is 5. The highest BCUT2D eigenvalue weighted by molar-refractivity contribution is 5.80. The Labute approximate surface area is 118 Å². The summed E-state index contributed by atoms with van der Waals surface area (Å²) in [5.74, 6) is 5.09. The number of carbonyl (C=O) groups excluding carboxylic acids is 1. The van der Waals surface area contributed by atoms with E-state index in [1.165, 1.54) is 0 Å². The lowest BCUT2D eigenvalue weighted by molar-refractivity contribution is -0.131. The number of ether oxygens (including phenoxy) is 1. The maximum absolute atomic E-state index is 11.4. The second kappa shape index (κ2) is 6.58. The van der Waals surface area contributed by atoms with Gasteiger partial charge >= 0.3 is 0 Å². The SMILES string of the molecule is CCN(CC1CCC(C(=O)NN)O1)c1cccc(O)c1. The molecule has 0 saturated carbocycles. The Morgan fingerprint density at radius 2 is 2.35 bits per heavy atom. The standard InChI is InChI=1S/C14H21N3O3/c1-2-17(10-4-3-5-11(18)8-10)9-12-6-7-13(20-12)14(19)16-15/h3-5,8,12-13,18H,2,6-7,9,15H2,1H3,(H,16,19). The number of benzene rings is 1. The van der Waals surface area contributed by atoms with Crippen LogP contribution in [0, 0.1) is 0 Å². The van der Waals surface area contributed by atoms with Crippen molar-refractivity contribution in [2.45, 2.75) is 32.0 Å². The summed E-state index contributed by atoms with van der Waals surface area (Å²) < 4.78 is 5.70. The van der Waals surface area contributed by atoms with E-state index in [2.05, 4.69) is 10.3 Å². The Hall–Kier alpha value is -1.79. The summed E-state index contributed by atoms with van der Waals surface area (Å²) in [6, 6.07) is 7.13. The molecule has 6 heteroatoms. The van der Waals surface area contributed by atoms with Crippen molar-refractivity contribution < 1.29 is 14.6 Å². The molecule has 1 saturated heterocycles. The lowest BCUT2D eigenvalue weighted by Gasteiger charge is -2.26. The van der Waals surface area contributed by atoms with Crippen LogP contribution < -0.4 is 16.2 Å². The minimum atomic E-state index is -0.451. The molecule has 1 aromatic rings. The number of amides is 1. The van der Waals surface area contributed by atoms with Gasteiger partial charge in [0.25, 0.3) is 5.91 Å². The predicted molar refractivity (Wildman–Crippen MR) is 76.2 cm³/mol. The van der Waals surface area contributed by atoms with Crippen molar-refractivity contribution in [3.8, 4) is 5.75 Å². The molecule has 0 bridgehead atoms. The average Bonchev–Trinajstić information content (AvgIpc) is 2.92. The van der Waals surface area contributed by atoms with Crippen LogP contribution in [0.5, 0.6) is 5.75 Å². The van der Waals surface area contributed by atoms with Gasteiger partial charge in [0, 0.05) is 24.8 Å². The number of hydrogen-bond donors (Lipinski definition) is 3. The zero-order valence-electron chi connectivity index (χ0n) is 11.6. The number of carbonyl (C=O) groups is 1. The minimum absolute atomic E-state index is 0.000371. The predicted octanol–water partition coefficient (Wildman–Crippen LogP) is 0.756. The summed E-state index contributed by atoms with van der Waals surface area (Å²) in [6.45, 7) is 3.54. The fraction of sp³-hybridized carbons (Fsp3) is 0.500. The van der Waals surface area contributed by atoms with Crippen LogP contribution in [-0.4, -0.2) is 36.3 Å². The first kappa shape index (κ1) is 14.6. The average molecular weight is 279 g/mol. The van der Waals surface area contributed by atoms with E-state index in [0.717, 1.165) is 18.7 Å². The number of nitrogens with two attached hydrogens (primary N) is 1. The van der Waals surface area contributed by atoms with Gasteiger partial charge in [-0.2, -0.15) is 0 Å². The van der Waals surface area contributed by atoms with Crippen molar-refractivity contribution in [1.29, 1.82) is 0 Å². The highest BCUT2D eigenvalue weighted by Crippen LogP contribution is 2.24. The molecule has 2 unspecified atom stereocenters. The maximum atomic E-state index is 11.4. The number of phenolic OH excluding ortho intramolecular Hbond substituents is 1. The zero-order valence-corrected chi connectivity index (χ0v) is 11.6. The lowest BCUT2D eigenvalue weighted by Crippen LogP contribution is -2.40. The third-order valence-electron chi connectivity index (χ3n) is 3.54. The van der Waals surface area contributed by atoms with Gasteiger partial charge in [-0.25, -0.2) is 5.84 Å². The summed E-state index contributed by atoms with van der Waals surface area (Å²) in [7, 11) is 0. The maximum Gasteiger partial charge on any atom is 0.263 e. The first-order chi connectivity index (χ1) is 9.63. The van der Waals surface area contributed by atoms with Gasteiger partial charge in [0.15, 0.2) is 0 Å². The number of likely N-dealkylation sites (N-methyl/N-ethyl adjacent to an activating group) is 1. The molecule has 1 aliphatic heterocycles. The summed E-state index contributed by atoms with van der Waals surface area (Å²) in [5.41, 5.74) is 3.07. The molecular formula is C14H21N3O3. The number of hydrogen-bond acceptors (Lipinski definition) is 5. The van der Waals surface area contributed by atoms with E-state index in [4.69, 9.17) is 10.6 Å². The number of nitrogens with zero attached hydrogens (tertiary/aromatic N) is 1. The van der Waals surface area contributed by atoms with Crippen LogP contribution in [-0.2, 0) is 9.53 Å². The Morgan fingerprint density at radius 1 is 1.55 bits per heavy atom. The quantitative estimate of drug-likeness (QED) is 0.421. The van der Waals surface area contributed by atoms with E-state index in [1.54, 1.807) is 12.1 Å². The van der Waals surface area contributed by atoms with E-state index in [9.17, 15) is 9.90 Å². The Balaban J connectivity index is 1.96. The fourth-order valence-electron chi connectivity index (χ4n) is 2.48. The molecule has 1 aromatic carbocycles. The van der Waals surface area contributed by atoms with Gasteiger partial charge in [-0.1, -0.05) is 6.07 Å². The van der Waals surface area contributed by atoms with Crippen LogP contribution in [0.25, 0.3) is 0 Å². The summed E-state index contributed by atoms with van der Waals surface area (Å²) in [6.07, 6.45) is 1.06. The Kier molecular flexibility index (Phi) is 4.81. The summed E-state index contributed by atoms with van der Waals surface area (Å²) in [5, 5.41) is 9.54. The minimum Gasteiger partial charge on any atom is -0.508 e. The molecular weight excluding hydrogens is 258 g/mol. The number of anilines is 1. The molecule has 1 fully saturated rings. The Bertz CT molecular complexity index is 467. The molecule has 4 N–H and O–H groups in total. The van der Waals surface area contributed by atoms with E-state index < -0.39 is 6.10 Å². The van der Waals surface area contributed by atoms with Crippen molar-refractivity contribution in [1.82, 2.24) is 5.43 Å². The Morgan fingerprint density at radius 3 is 3.00 bits per heavy atom. The van der Waals surface area contributed by atoms with Gasteiger partial charge in [-0.05, 0) is 31.9 Å². The molecule has 1 heterocycles. The fourth-order valence-corrected chi connectivity index (χ4v) is 2.48. The van der Waals surface area contributed by atoms with E-state index in [-0.39, 0.29) is 17.8 Å². The van der Waals surface area contributed by atoms with Crippen LogP contribution >= 0.6 is 0 Å². The normalized spacial score (nSPS) is 21.7. The van der Waals surface area contributed by atoms with Gasteiger partial charge in [0.1, 0.15) is 11.9 Å². The summed E-state index contributed by atoms with van der Waals surface area (Å²) >= 11 is 0. The molecule has 0 spiro atoms. The third-order valence-corrected chi connectivity index (χ3v) is 3.54. The first-order valence-electron chi connectivity index (χ1n) is 6.84. The van der Waals surface area contributed by atoms with Crippen molar-refractivity contribution in [2.24, 2.45) is 5.84 Å². The molecule has 0 aromatic heterocycles. The molecule has 2 atom stereocenters. The highest BCUT2D eigenvalue weighted by atomic mass is 16.5. The molecule has 110 valence electrons. The van der Waals surface area contributed by atoms with Crippen LogP contribution in [0.2, 0.25) is 0 Å². The van der Waals surface area contributed by atoms with Gasteiger partial charge < -0.3 is 14.7 Å². The monoisotopic (exact) mass is 279 g/mol.